The SMILES string of the molecule is COc1cccc(C(NC(=O)c2ccc(N(C)C)cc2)c2nccn2C)c1. The van der Waals surface area contributed by atoms with Crippen molar-refractivity contribution in [3.05, 3.63) is 77.9 Å². The lowest BCUT2D eigenvalue weighted by atomic mass is 10.0. The van der Waals surface area contributed by atoms with Gasteiger partial charge >= 0.3 is 0 Å². The number of aryl methyl sites for hydroxylation is 1. The van der Waals surface area contributed by atoms with Crippen LogP contribution >= 0.6 is 0 Å². The van der Waals surface area contributed by atoms with Crippen molar-refractivity contribution >= 4 is 11.6 Å². The maximum atomic E-state index is 12.9. The average Bonchev–Trinajstić information content (AvgIpc) is 3.11. The van der Waals surface area contributed by atoms with Crippen LogP contribution in [-0.4, -0.2) is 36.7 Å². The Hall–Kier alpha value is -3.28. The van der Waals surface area contributed by atoms with E-state index in [9.17, 15) is 4.79 Å². The molecule has 140 valence electrons. The molecule has 0 aliphatic carbocycles. The number of nitrogens with zero attached hydrogens (tertiary/aromatic N) is 3. The fraction of sp³-hybridized carbons (Fsp3) is 0.238. The summed E-state index contributed by atoms with van der Waals surface area (Å²) in [5, 5.41) is 3.10. The molecule has 3 rings (SSSR count). The molecule has 0 fully saturated rings. The fourth-order valence-corrected chi connectivity index (χ4v) is 2.90. The molecule has 0 spiro atoms. The number of benzene rings is 2. The molecule has 1 N–H and O–H groups in total. The molecule has 0 saturated heterocycles. The predicted octanol–water partition coefficient (Wildman–Crippen LogP) is 3.01. The second kappa shape index (κ2) is 7.95. The van der Waals surface area contributed by atoms with Gasteiger partial charge in [0.2, 0.25) is 0 Å². The zero-order valence-electron chi connectivity index (χ0n) is 16.0. The number of hydrogen-bond acceptors (Lipinski definition) is 4. The molecule has 6 heteroatoms. The third kappa shape index (κ3) is 4.11. The normalized spacial score (nSPS) is 11.7. The number of aromatic nitrogens is 2. The second-order valence-electron chi connectivity index (χ2n) is 6.52. The number of rotatable bonds is 6. The predicted molar refractivity (Wildman–Crippen MR) is 106 cm³/mol. The van der Waals surface area contributed by atoms with Crippen molar-refractivity contribution in [3.63, 3.8) is 0 Å². The number of amides is 1. The van der Waals surface area contributed by atoms with Crippen molar-refractivity contribution in [2.45, 2.75) is 6.04 Å². The standard InChI is InChI=1S/C21H24N4O2/c1-24(2)17-10-8-15(9-11-17)21(26)23-19(20-22-12-13-25(20)3)16-6-5-7-18(14-16)27-4/h5-14,19H,1-4H3,(H,23,26). The first-order chi connectivity index (χ1) is 13.0. The number of nitrogens with one attached hydrogen (secondary N) is 1. The van der Waals surface area contributed by atoms with Gasteiger partial charge in [0.25, 0.3) is 5.91 Å². The molecule has 2 aromatic carbocycles. The van der Waals surface area contributed by atoms with Gasteiger partial charge in [0.05, 0.1) is 7.11 Å². The number of imidazole rings is 1. The third-order valence-electron chi connectivity index (χ3n) is 4.47. The van der Waals surface area contributed by atoms with Crippen LogP contribution < -0.4 is 15.0 Å². The van der Waals surface area contributed by atoms with E-state index in [0.29, 0.717) is 5.56 Å². The topological polar surface area (TPSA) is 59.4 Å². The number of anilines is 1. The van der Waals surface area contributed by atoms with E-state index >= 15 is 0 Å². The molecule has 6 nitrogen and oxygen atoms in total. The molecule has 0 bridgehead atoms. The van der Waals surface area contributed by atoms with Crippen LogP contribution in [0, 0.1) is 0 Å². The van der Waals surface area contributed by atoms with E-state index < -0.39 is 0 Å². The Kier molecular flexibility index (Phi) is 5.45. The van der Waals surface area contributed by atoms with Crippen LogP contribution in [0.2, 0.25) is 0 Å². The van der Waals surface area contributed by atoms with Gasteiger partial charge in [-0.05, 0) is 42.0 Å². The van der Waals surface area contributed by atoms with Crippen LogP contribution in [-0.2, 0) is 7.05 Å². The van der Waals surface area contributed by atoms with Crippen LogP contribution in [0.5, 0.6) is 5.75 Å². The zero-order valence-corrected chi connectivity index (χ0v) is 16.0. The number of methoxy groups -OCH3 is 1. The highest BCUT2D eigenvalue weighted by Crippen LogP contribution is 2.25. The minimum absolute atomic E-state index is 0.156. The fourth-order valence-electron chi connectivity index (χ4n) is 2.90. The number of carbonyl (C=O) groups is 1. The summed E-state index contributed by atoms with van der Waals surface area (Å²) in [7, 11) is 7.47. The van der Waals surface area contributed by atoms with E-state index in [0.717, 1.165) is 22.8 Å². The Morgan fingerprint density at radius 2 is 1.93 bits per heavy atom. The van der Waals surface area contributed by atoms with E-state index in [-0.39, 0.29) is 11.9 Å². The highest BCUT2D eigenvalue weighted by atomic mass is 16.5. The van der Waals surface area contributed by atoms with Gasteiger partial charge in [-0.2, -0.15) is 0 Å². The van der Waals surface area contributed by atoms with E-state index in [1.807, 2.05) is 85.3 Å². The molecule has 0 aliphatic heterocycles. The lowest BCUT2D eigenvalue weighted by Crippen LogP contribution is -2.31. The first-order valence-corrected chi connectivity index (χ1v) is 8.69. The second-order valence-corrected chi connectivity index (χ2v) is 6.52. The summed E-state index contributed by atoms with van der Waals surface area (Å²) in [5.41, 5.74) is 2.55. The molecule has 0 saturated carbocycles. The summed E-state index contributed by atoms with van der Waals surface area (Å²) < 4.78 is 7.24. The first-order valence-electron chi connectivity index (χ1n) is 8.69. The van der Waals surface area contributed by atoms with E-state index in [1.54, 1.807) is 13.3 Å². The van der Waals surface area contributed by atoms with Crippen LogP contribution in [0.3, 0.4) is 0 Å². The third-order valence-corrected chi connectivity index (χ3v) is 4.47. The summed E-state index contributed by atoms with van der Waals surface area (Å²) in [6.45, 7) is 0. The number of ether oxygens (including phenoxy) is 1. The molecule has 1 aromatic heterocycles. The molecular weight excluding hydrogens is 340 g/mol. The van der Waals surface area contributed by atoms with Crippen molar-refractivity contribution in [2.75, 3.05) is 26.1 Å². The Bertz CT molecular complexity index is 916. The highest BCUT2D eigenvalue weighted by molar-refractivity contribution is 5.95. The largest absolute Gasteiger partial charge is 0.497 e. The van der Waals surface area contributed by atoms with Gasteiger partial charge in [0, 0.05) is 44.8 Å². The minimum atomic E-state index is -0.388. The Morgan fingerprint density at radius 1 is 1.19 bits per heavy atom. The maximum Gasteiger partial charge on any atom is 0.252 e. The number of hydrogen-bond donors (Lipinski definition) is 1. The lowest BCUT2D eigenvalue weighted by molar-refractivity contribution is 0.0941. The van der Waals surface area contributed by atoms with Gasteiger partial charge in [-0.25, -0.2) is 4.98 Å². The van der Waals surface area contributed by atoms with Crippen molar-refractivity contribution < 1.29 is 9.53 Å². The van der Waals surface area contributed by atoms with Crippen molar-refractivity contribution in [3.8, 4) is 5.75 Å². The summed E-state index contributed by atoms with van der Waals surface area (Å²) in [4.78, 5) is 19.3. The van der Waals surface area contributed by atoms with Crippen LogP contribution in [0.15, 0.2) is 60.9 Å². The molecule has 3 aromatic rings. The van der Waals surface area contributed by atoms with Gasteiger partial charge in [-0.3, -0.25) is 4.79 Å². The molecule has 1 heterocycles. The summed E-state index contributed by atoms with van der Waals surface area (Å²) in [6.07, 6.45) is 3.58. The average molecular weight is 364 g/mol. The minimum Gasteiger partial charge on any atom is -0.497 e. The van der Waals surface area contributed by atoms with Crippen molar-refractivity contribution in [2.24, 2.45) is 7.05 Å². The smallest absolute Gasteiger partial charge is 0.252 e. The monoisotopic (exact) mass is 364 g/mol. The zero-order chi connectivity index (χ0) is 19.4. The van der Waals surface area contributed by atoms with Gasteiger partial charge in [0.1, 0.15) is 17.6 Å². The Labute approximate surface area is 159 Å². The lowest BCUT2D eigenvalue weighted by Gasteiger charge is -2.20. The van der Waals surface area contributed by atoms with E-state index in [1.165, 1.54) is 0 Å². The summed E-state index contributed by atoms with van der Waals surface area (Å²) in [5.74, 6) is 1.33. The molecular formula is C21H24N4O2. The van der Waals surface area contributed by atoms with Crippen molar-refractivity contribution in [1.29, 1.82) is 0 Å². The molecule has 0 aliphatic rings. The first kappa shape index (κ1) is 18.5. The summed E-state index contributed by atoms with van der Waals surface area (Å²) in [6, 6.07) is 14.8. The molecule has 0 radical (unpaired) electrons. The van der Waals surface area contributed by atoms with Gasteiger partial charge in [-0.1, -0.05) is 12.1 Å². The van der Waals surface area contributed by atoms with E-state index in [4.69, 9.17) is 4.74 Å². The van der Waals surface area contributed by atoms with Gasteiger partial charge in [0.15, 0.2) is 0 Å². The van der Waals surface area contributed by atoms with Crippen LogP contribution in [0.4, 0.5) is 5.69 Å². The number of carbonyl (C=O) groups excluding carboxylic acids is 1. The molecule has 27 heavy (non-hydrogen) atoms. The van der Waals surface area contributed by atoms with Crippen molar-refractivity contribution in [1.82, 2.24) is 14.9 Å². The van der Waals surface area contributed by atoms with Crippen LogP contribution in [0.1, 0.15) is 27.8 Å². The summed E-state index contributed by atoms with van der Waals surface area (Å²) >= 11 is 0. The Balaban J connectivity index is 1.91. The molecule has 1 unspecified atom stereocenters. The van der Waals surface area contributed by atoms with Crippen LogP contribution in [0.25, 0.3) is 0 Å². The maximum absolute atomic E-state index is 12.9. The Morgan fingerprint density at radius 3 is 2.52 bits per heavy atom. The molecule has 1 amide bonds. The quantitative estimate of drug-likeness (QED) is 0.730. The highest BCUT2D eigenvalue weighted by Gasteiger charge is 2.22. The van der Waals surface area contributed by atoms with E-state index in [2.05, 4.69) is 10.3 Å². The van der Waals surface area contributed by atoms with Gasteiger partial charge in [-0.15, -0.1) is 0 Å². The van der Waals surface area contributed by atoms with Gasteiger partial charge < -0.3 is 19.5 Å². The molecule has 1 atom stereocenters.